The van der Waals surface area contributed by atoms with Crippen molar-refractivity contribution in [2.45, 2.75) is 57.9 Å². The zero-order valence-electron chi connectivity index (χ0n) is 13.4. The van der Waals surface area contributed by atoms with Gasteiger partial charge in [-0.15, -0.1) is 0 Å². The number of nitrogens with one attached hydrogen (secondary N) is 1. The number of amidine groups is 1. The highest BCUT2D eigenvalue weighted by Gasteiger charge is 2.38. The van der Waals surface area contributed by atoms with E-state index in [4.69, 9.17) is 4.99 Å². The number of benzene rings is 1. The lowest BCUT2D eigenvalue weighted by Gasteiger charge is -2.32. The molecular formula is C18H26N2S. The molecule has 1 fully saturated rings. The Morgan fingerprint density at radius 3 is 2.67 bits per heavy atom. The van der Waals surface area contributed by atoms with Crippen LogP contribution in [-0.4, -0.2) is 16.5 Å². The van der Waals surface area contributed by atoms with Crippen LogP contribution >= 0.6 is 11.8 Å². The molecule has 2 aliphatic rings. The maximum atomic E-state index is 5.08. The van der Waals surface area contributed by atoms with Gasteiger partial charge in [0.05, 0.1) is 5.54 Å². The largest absolute Gasteiger partial charge is 0.335 e. The predicted octanol–water partition coefficient (Wildman–Crippen LogP) is 5.27. The number of aliphatic imine (C=N–C) groups is 1. The second-order valence-electron chi connectivity index (χ2n) is 6.98. The van der Waals surface area contributed by atoms with Gasteiger partial charge in [-0.05, 0) is 49.1 Å². The van der Waals surface area contributed by atoms with E-state index in [0.717, 1.165) is 16.8 Å². The molecule has 0 atom stereocenters. The first kappa shape index (κ1) is 15.0. The molecule has 1 saturated carbocycles. The minimum atomic E-state index is 0.228. The van der Waals surface area contributed by atoms with Gasteiger partial charge in [-0.3, -0.25) is 4.99 Å². The molecule has 0 saturated heterocycles. The summed E-state index contributed by atoms with van der Waals surface area (Å²) in [5, 5.41) is 4.71. The molecule has 114 valence electrons. The zero-order valence-corrected chi connectivity index (χ0v) is 14.2. The molecule has 0 radical (unpaired) electrons. The van der Waals surface area contributed by atoms with Crippen molar-refractivity contribution in [2.75, 3.05) is 11.1 Å². The Bertz CT molecular complexity index is 528. The Balaban J connectivity index is 1.75. The van der Waals surface area contributed by atoms with Crippen LogP contribution in [0.4, 0.5) is 5.69 Å². The second-order valence-corrected chi connectivity index (χ2v) is 7.94. The molecule has 1 aliphatic heterocycles. The van der Waals surface area contributed by atoms with E-state index in [2.05, 4.69) is 50.4 Å². The monoisotopic (exact) mass is 302 g/mol. The molecule has 1 aromatic rings. The Hall–Kier alpha value is -0.960. The molecule has 0 bridgehead atoms. The van der Waals surface area contributed by atoms with Gasteiger partial charge in [-0.2, -0.15) is 0 Å². The smallest absolute Gasteiger partial charge is 0.161 e. The van der Waals surface area contributed by atoms with Gasteiger partial charge in [0.2, 0.25) is 0 Å². The van der Waals surface area contributed by atoms with Gasteiger partial charge < -0.3 is 5.32 Å². The number of rotatable bonds is 2. The number of nitrogens with zero attached hydrogens (tertiary/aromatic N) is 1. The summed E-state index contributed by atoms with van der Waals surface area (Å²) in [4.78, 5) is 5.08. The Morgan fingerprint density at radius 1 is 1.24 bits per heavy atom. The third-order valence-corrected chi connectivity index (χ3v) is 5.99. The molecule has 21 heavy (non-hydrogen) atoms. The Morgan fingerprint density at radius 2 is 1.95 bits per heavy atom. The van der Waals surface area contributed by atoms with E-state index in [-0.39, 0.29) is 5.54 Å². The Labute approximate surface area is 132 Å². The average molecular weight is 302 g/mol. The number of thioether (sulfide) groups is 1. The minimum absolute atomic E-state index is 0.228. The molecule has 1 N–H and O–H groups in total. The fourth-order valence-corrected chi connectivity index (χ4v) is 4.53. The highest BCUT2D eigenvalue weighted by atomic mass is 32.2. The van der Waals surface area contributed by atoms with Crippen LogP contribution in [-0.2, 0) is 0 Å². The topological polar surface area (TPSA) is 24.4 Å². The fraction of sp³-hybridized carbons (Fsp3) is 0.611. The second kappa shape index (κ2) is 6.04. The van der Waals surface area contributed by atoms with Gasteiger partial charge in [0, 0.05) is 11.4 Å². The van der Waals surface area contributed by atoms with Crippen molar-refractivity contribution in [3.8, 4) is 0 Å². The molecule has 1 heterocycles. The van der Waals surface area contributed by atoms with E-state index < -0.39 is 0 Å². The summed E-state index contributed by atoms with van der Waals surface area (Å²) in [6, 6.07) is 8.61. The highest BCUT2D eigenvalue weighted by Crippen LogP contribution is 2.42. The maximum Gasteiger partial charge on any atom is 0.161 e. The first-order chi connectivity index (χ1) is 10.1. The highest BCUT2D eigenvalue weighted by molar-refractivity contribution is 8.14. The molecule has 1 aromatic carbocycles. The zero-order chi connectivity index (χ0) is 14.9. The summed E-state index contributed by atoms with van der Waals surface area (Å²) in [5.41, 5.74) is 2.82. The fourth-order valence-electron chi connectivity index (χ4n) is 3.33. The van der Waals surface area contributed by atoms with E-state index in [0.29, 0.717) is 5.92 Å². The maximum absolute atomic E-state index is 5.08. The molecule has 3 heteroatoms. The predicted molar refractivity (Wildman–Crippen MR) is 94.4 cm³/mol. The summed E-state index contributed by atoms with van der Waals surface area (Å²) in [5.74, 6) is 2.58. The van der Waals surface area contributed by atoms with Crippen molar-refractivity contribution in [1.29, 1.82) is 0 Å². The summed E-state index contributed by atoms with van der Waals surface area (Å²) in [6.07, 6.45) is 5.19. The van der Waals surface area contributed by atoms with Crippen molar-refractivity contribution in [2.24, 2.45) is 10.9 Å². The number of para-hydroxylation sites is 1. The minimum Gasteiger partial charge on any atom is -0.335 e. The van der Waals surface area contributed by atoms with Crippen LogP contribution in [0, 0.1) is 5.92 Å². The third kappa shape index (κ3) is 3.28. The summed E-state index contributed by atoms with van der Waals surface area (Å²) in [7, 11) is 0. The van der Waals surface area contributed by atoms with Crippen molar-refractivity contribution in [3.05, 3.63) is 29.8 Å². The average Bonchev–Trinajstić information content (AvgIpc) is 2.86. The van der Waals surface area contributed by atoms with Gasteiger partial charge in [0.1, 0.15) is 0 Å². The first-order valence-electron chi connectivity index (χ1n) is 8.17. The molecule has 2 nitrogen and oxygen atoms in total. The van der Waals surface area contributed by atoms with Crippen molar-refractivity contribution in [1.82, 2.24) is 0 Å². The lowest BCUT2D eigenvalue weighted by molar-refractivity contribution is 0.273. The van der Waals surface area contributed by atoms with Crippen LogP contribution in [0.15, 0.2) is 29.3 Å². The molecule has 1 spiro atoms. The van der Waals surface area contributed by atoms with Crippen molar-refractivity contribution in [3.63, 3.8) is 0 Å². The van der Waals surface area contributed by atoms with Crippen LogP contribution in [0.25, 0.3) is 0 Å². The third-order valence-electron chi connectivity index (χ3n) is 4.85. The summed E-state index contributed by atoms with van der Waals surface area (Å²) < 4.78 is 0. The molecule has 0 amide bonds. The molecule has 1 aliphatic carbocycles. The first-order valence-corrected chi connectivity index (χ1v) is 9.15. The molecular weight excluding hydrogens is 276 g/mol. The van der Waals surface area contributed by atoms with Crippen LogP contribution in [0.2, 0.25) is 0 Å². The van der Waals surface area contributed by atoms with Crippen molar-refractivity contribution < 1.29 is 0 Å². The van der Waals surface area contributed by atoms with Crippen LogP contribution in [0.3, 0.4) is 0 Å². The number of hydrogen-bond donors (Lipinski definition) is 1. The normalized spacial score (nSPS) is 29.0. The lowest BCUT2D eigenvalue weighted by Crippen LogP contribution is -2.32. The van der Waals surface area contributed by atoms with E-state index in [1.165, 1.54) is 36.9 Å². The SMILES string of the molecule is CC1CCC2(CC1)CSC(Nc1ccccc1C(C)C)=N2. The van der Waals surface area contributed by atoms with Crippen molar-refractivity contribution >= 4 is 22.6 Å². The Kier molecular flexibility index (Phi) is 4.30. The lowest BCUT2D eigenvalue weighted by atomic mass is 9.79. The van der Waals surface area contributed by atoms with Crippen LogP contribution < -0.4 is 5.32 Å². The summed E-state index contributed by atoms with van der Waals surface area (Å²) >= 11 is 1.90. The van der Waals surface area contributed by atoms with E-state index in [9.17, 15) is 0 Å². The quantitative estimate of drug-likeness (QED) is 0.804. The van der Waals surface area contributed by atoms with E-state index >= 15 is 0 Å². The van der Waals surface area contributed by atoms with E-state index in [1.54, 1.807) is 0 Å². The van der Waals surface area contributed by atoms with Gasteiger partial charge in [-0.1, -0.05) is 50.7 Å². The van der Waals surface area contributed by atoms with Gasteiger partial charge in [0.15, 0.2) is 5.17 Å². The molecule has 0 unspecified atom stereocenters. The summed E-state index contributed by atoms with van der Waals surface area (Å²) in [6.45, 7) is 6.86. The standard InChI is InChI=1S/C18H26N2S/c1-13(2)15-6-4-5-7-16(15)19-17-20-18(12-21-17)10-8-14(3)9-11-18/h4-7,13-14H,8-12H2,1-3H3,(H,19,20). The molecule has 3 rings (SSSR count). The number of hydrogen-bond acceptors (Lipinski definition) is 3. The van der Waals surface area contributed by atoms with Gasteiger partial charge in [-0.25, -0.2) is 0 Å². The van der Waals surface area contributed by atoms with Gasteiger partial charge >= 0.3 is 0 Å². The number of anilines is 1. The van der Waals surface area contributed by atoms with Gasteiger partial charge in [0.25, 0.3) is 0 Å². The van der Waals surface area contributed by atoms with Crippen LogP contribution in [0.5, 0.6) is 0 Å². The molecule has 0 aromatic heterocycles. The van der Waals surface area contributed by atoms with Crippen LogP contribution in [0.1, 0.15) is 57.9 Å². The van der Waals surface area contributed by atoms with E-state index in [1.807, 2.05) is 11.8 Å².